The number of carbonyl (C=O) groups excluding carboxylic acids is 1. The minimum Gasteiger partial charge on any atom is -0.492 e. The fourth-order valence-electron chi connectivity index (χ4n) is 4.68. The van der Waals surface area contributed by atoms with Gasteiger partial charge in [-0.2, -0.15) is 0 Å². The van der Waals surface area contributed by atoms with Gasteiger partial charge in [-0.3, -0.25) is 14.7 Å². The Morgan fingerprint density at radius 1 is 1.10 bits per heavy atom. The van der Waals surface area contributed by atoms with Crippen molar-refractivity contribution in [2.24, 2.45) is 16.8 Å². The monoisotopic (exact) mass is 530 g/mol. The van der Waals surface area contributed by atoms with Gasteiger partial charge in [-0.15, -0.1) is 0 Å². The van der Waals surface area contributed by atoms with Crippen LogP contribution in [-0.2, 0) is 11.3 Å². The number of nitrogens with zero attached hydrogens (tertiary/aromatic N) is 4. The quantitative estimate of drug-likeness (QED) is 0.281. The molecule has 2 atom stereocenters. The van der Waals surface area contributed by atoms with E-state index in [1.54, 1.807) is 6.21 Å². The smallest absolute Gasteiger partial charge is 0.261 e. The standard InChI is InChI=1S/C33H46N4O2/c1-8-25(3)27(5)34-23-31-32(26(4)9-2)36(7)18-19-37(33(31)38)29-16-13-17-30(22-29)39-21-20-35(6)24-28-14-11-10-12-15-28/h10-17,22-23,25-26H,5,8-9,18-21,24H2,1-4,6-7H3. The average molecular weight is 531 g/mol. The minimum atomic E-state index is -0.0323. The number of allylic oxidation sites excluding steroid dienone is 2. The van der Waals surface area contributed by atoms with Gasteiger partial charge < -0.3 is 14.5 Å². The van der Waals surface area contributed by atoms with E-state index in [9.17, 15) is 4.79 Å². The lowest BCUT2D eigenvalue weighted by atomic mass is 9.98. The highest BCUT2D eigenvalue weighted by Crippen LogP contribution is 2.29. The van der Waals surface area contributed by atoms with Crippen molar-refractivity contribution < 1.29 is 9.53 Å². The van der Waals surface area contributed by atoms with Crippen LogP contribution in [0, 0.1) is 11.8 Å². The highest BCUT2D eigenvalue weighted by atomic mass is 16.5. The fraction of sp³-hybridized carbons (Fsp3) is 0.455. The molecule has 0 aliphatic carbocycles. The maximum absolute atomic E-state index is 14.0. The van der Waals surface area contributed by atoms with Crippen molar-refractivity contribution in [3.8, 4) is 5.75 Å². The van der Waals surface area contributed by atoms with Crippen molar-refractivity contribution in [3.05, 3.63) is 83.7 Å². The van der Waals surface area contributed by atoms with Gasteiger partial charge in [0.2, 0.25) is 0 Å². The fourth-order valence-corrected chi connectivity index (χ4v) is 4.68. The Kier molecular flexibility index (Phi) is 11.4. The number of carbonyl (C=O) groups is 1. The van der Waals surface area contributed by atoms with E-state index in [0.717, 1.165) is 55.3 Å². The second kappa shape index (κ2) is 14.7. The number of rotatable bonds is 13. The lowest BCUT2D eigenvalue weighted by molar-refractivity contribution is -0.114. The van der Waals surface area contributed by atoms with Crippen molar-refractivity contribution in [2.45, 2.75) is 47.1 Å². The average Bonchev–Trinajstić information content (AvgIpc) is 3.06. The highest BCUT2D eigenvalue weighted by molar-refractivity contribution is 6.19. The van der Waals surface area contributed by atoms with Crippen LogP contribution in [0.3, 0.4) is 0 Å². The summed E-state index contributed by atoms with van der Waals surface area (Å²) in [7, 11) is 4.17. The summed E-state index contributed by atoms with van der Waals surface area (Å²) in [4.78, 5) is 25.0. The van der Waals surface area contributed by atoms with Gasteiger partial charge >= 0.3 is 0 Å². The second-order valence-electron chi connectivity index (χ2n) is 10.6. The third kappa shape index (κ3) is 8.30. The molecule has 6 nitrogen and oxygen atoms in total. The van der Waals surface area contributed by atoms with Gasteiger partial charge in [0.1, 0.15) is 12.4 Å². The number of anilines is 1. The van der Waals surface area contributed by atoms with Crippen LogP contribution in [0.2, 0.25) is 0 Å². The van der Waals surface area contributed by atoms with E-state index in [-0.39, 0.29) is 17.7 Å². The lowest BCUT2D eigenvalue weighted by Gasteiger charge is -2.26. The number of amides is 1. The molecule has 2 aromatic rings. The molecule has 1 aliphatic rings. The molecule has 210 valence electrons. The van der Waals surface area contributed by atoms with Crippen molar-refractivity contribution in [1.29, 1.82) is 0 Å². The third-order valence-electron chi connectivity index (χ3n) is 7.61. The Balaban J connectivity index is 1.77. The molecule has 0 saturated heterocycles. The van der Waals surface area contributed by atoms with E-state index in [4.69, 9.17) is 4.74 Å². The van der Waals surface area contributed by atoms with Crippen LogP contribution in [-0.4, -0.2) is 62.3 Å². The first kappa shape index (κ1) is 30.2. The van der Waals surface area contributed by atoms with E-state index < -0.39 is 0 Å². The van der Waals surface area contributed by atoms with Gasteiger partial charge in [0.15, 0.2) is 0 Å². The Bertz CT molecular complexity index is 1160. The van der Waals surface area contributed by atoms with Crippen LogP contribution in [0.25, 0.3) is 0 Å². The SMILES string of the molecule is C=C(N=CC1=C(C(C)CC)N(C)CCN(c2cccc(OCCN(C)Cc3ccccc3)c2)C1=O)C(C)CC. The molecule has 39 heavy (non-hydrogen) atoms. The summed E-state index contributed by atoms with van der Waals surface area (Å²) in [6.07, 6.45) is 3.65. The van der Waals surface area contributed by atoms with Gasteiger partial charge in [0.05, 0.1) is 5.57 Å². The largest absolute Gasteiger partial charge is 0.492 e. The first-order valence-corrected chi connectivity index (χ1v) is 14.2. The molecule has 0 saturated carbocycles. The molecule has 2 unspecified atom stereocenters. The van der Waals surface area contributed by atoms with Crippen LogP contribution in [0.5, 0.6) is 5.75 Å². The molecule has 0 spiro atoms. The van der Waals surface area contributed by atoms with E-state index in [0.29, 0.717) is 18.7 Å². The summed E-state index contributed by atoms with van der Waals surface area (Å²) >= 11 is 0. The molecule has 0 N–H and O–H groups in total. The first-order chi connectivity index (χ1) is 18.7. The maximum Gasteiger partial charge on any atom is 0.261 e. The summed E-state index contributed by atoms with van der Waals surface area (Å²) in [6, 6.07) is 18.3. The van der Waals surface area contributed by atoms with Crippen LogP contribution < -0.4 is 9.64 Å². The van der Waals surface area contributed by atoms with Gasteiger partial charge in [-0.05, 0) is 49.4 Å². The molecule has 0 bridgehead atoms. The molecule has 0 radical (unpaired) electrons. The molecular formula is C33H46N4O2. The maximum atomic E-state index is 14.0. The molecule has 2 aromatic carbocycles. The predicted molar refractivity (Wildman–Crippen MR) is 163 cm³/mol. The summed E-state index contributed by atoms with van der Waals surface area (Å²) in [5.41, 5.74) is 4.60. The second-order valence-corrected chi connectivity index (χ2v) is 10.6. The normalized spacial score (nSPS) is 16.1. The Morgan fingerprint density at radius 2 is 1.85 bits per heavy atom. The highest BCUT2D eigenvalue weighted by Gasteiger charge is 2.30. The van der Waals surface area contributed by atoms with Crippen LogP contribution in [0.4, 0.5) is 5.69 Å². The molecule has 1 aliphatic heterocycles. The van der Waals surface area contributed by atoms with Crippen molar-refractivity contribution in [1.82, 2.24) is 9.80 Å². The Labute approximate surface area is 235 Å². The summed E-state index contributed by atoms with van der Waals surface area (Å²) in [5, 5.41) is 0. The zero-order valence-corrected chi connectivity index (χ0v) is 24.7. The van der Waals surface area contributed by atoms with Crippen LogP contribution in [0.1, 0.15) is 46.1 Å². The van der Waals surface area contributed by atoms with Crippen molar-refractivity contribution in [3.63, 3.8) is 0 Å². The van der Waals surface area contributed by atoms with Crippen LogP contribution >= 0.6 is 0 Å². The van der Waals surface area contributed by atoms with E-state index in [1.165, 1.54) is 5.56 Å². The molecular weight excluding hydrogens is 484 g/mol. The molecule has 1 amide bonds. The van der Waals surface area contributed by atoms with Crippen molar-refractivity contribution in [2.75, 3.05) is 45.2 Å². The predicted octanol–water partition coefficient (Wildman–Crippen LogP) is 6.41. The number of benzene rings is 2. The number of hydrogen-bond donors (Lipinski definition) is 0. The third-order valence-corrected chi connectivity index (χ3v) is 7.61. The van der Waals surface area contributed by atoms with Gasteiger partial charge in [-0.25, -0.2) is 0 Å². The van der Waals surface area contributed by atoms with Gasteiger partial charge in [0.25, 0.3) is 5.91 Å². The number of likely N-dealkylation sites (N-methyl/N-ethyl adjacent to an activating group) is 2. The molecule has 0 aromatic heterocycles. The van der Waals surface area contributed by atoms with E-state index in [2.05, 4.69) is 87.4 Å². The number of ether oxygens (including phenoxy) is 1. The van der Waals surface area contributed by atoms with Crippen molar-refractivity contribution >= 4 is 17.8 Å². The van der Waals surface area contributed by atoms with E-state index in [1.807, 2.05) is 35.2 Å². The lowest BCUT2D eigenvalue weighted by Crippen LogP contribution is -2.34. The zero-order chi connectivity index (χ0) is 28.4. The molecule has 1 heterocycles. The Morgan fingerprint density at radius 3 is 2.54 bits per heavy atom. The van der Waals surface area contributed by atoms with Crippen LogP contribution in [0.15, 0.2) is 83.1 Å². The first-order valence-electron chi connectivity index (χ1n) is 14.2. The topological polar surface area (TPSA) is 48.4 Å². The molecule has 0 fully saturated rings. The summed E-state index contributed by atoms with van der Waals surface area (Å²) < 4.78 is 6.11. The summed E-state index contributed by atoms with van der Waals surface area (Å²) in [5.74, 6) is 1.23. The van der Waals surface area contributed by atoms with Gasteiger partial charge in [0, 0.05) is 62.6 Å². The minimum absolute atomic E-state index is 0.0323. The number of aliphatic imine (C=N–C) groups is 1. The van der Waals surface area contributed by atoms with Gasteiger partial charge in [-0.1, -0.05) is 70.7 Å². The van der Waals surface area contributed by atoms with E-state index >= 15 is 0 Å². The Hall–Kier alpha value is -3.38. The zero-order valence-electron chi connectivity index (χ0n) is 24.7. The number of hydrogen-bond acceptors (Lipinski definition) is 5. The molecule has 6 heteroatoms. The summed E-state index contributed by atoms with van der Waals surface area (Å²) in [6.45, 7) is 16.3. The molecule has 3 rings (SSSR count).